The Morgan fingerprint density at radius 2 is 1.46 bits per heavy atom. The zero-order chi connectivity index (χ0) is 20.5. The van der Waals surface area contributed by atoms with Crippen LogP contribution in [0, 0.1) is 0 Å². The van der Waals surface area contributed by atoms with Gasteiger partial charge >= 0.3 is 45.9 Å². The minimum atomic E-state index is -4.67. The molecule has 2 N–H and O–H groups in total. The first-order chi connectivity index (χ1) is 12.7. The Morgan fingerprint density at radius 1 is 1.04 bits per heavy atom. The second-order valence-electron chi connectivity index (χ2n) is 6.86. The van der Waals surface area contributed by atoms with E-state index in [1.54, 1.807) is 0 Å². The predicted octanol–water partition coefficient (Wildman–Crippen LogP) is 3.88. The standard InChI is InChI=1S/C19H34O3.Na.H2O4S.H/c1-3-4-5-6-7-8-9-10-11-12-13-14-17(2)19(20)22-16-18-15-21-18;;1-5(2,3)4;/h14,18H,3-13,15-16H2,1-2H3;;(H2,1,2,3,4);. The molecular formula is C19H37NaO7S. The van der Waals surface area contributed by atoms with Gasteiger partial charge in [-0.1, -0.05) is 70.8 Å². The fourth-order valence-electron chi connectivity index (χ4n) is 2.48. The number of allylic oxidation sites excluding steroid dienone is 1. The summed E-state index contributed by atoms with van der Waals surface area (Å²) < 4.78 is 41.7. The van der Waals surface area contributed by atoms with Crippen molar-refractivity contribution < 1.29 is 31.8 Å². The Bertz CT molecular complexity index is 508. The van der Waals surface area contributed by atoms with Crippen molar-refractivity contribution in [3.63, 3.8) is 0 Å². The topological polar surface area (TPSA) is 113 Å². The van der Waals surface area contributed by atoms with Gasteiger partial charge in [0.2, 0.25) is 0 Å². The van der Waals surface area contributed by atoms with Gasteiger partial charge in [0, 0.05) is 5.57 Å². The van der Waals surface area contributed by atoms with Gasteiger partial charge in [0.1, 0.15) is 12.7 Å². The van der Waals surface area contributed by atoms with Crippen LogP contribution in [0.1, 0.15) is 84.5 Å². The molecule has 0 saturated carbocycles. The first-order valence-electron chi connectivity index (χ1n) is 9.89. The number of hydrogen-bond donors (Lipinski definition) is 2. The molecule has 28 heavy (non-hydrogen) atoms. The van der Waals surface area contributed by atoms with Crippen LogP contribution in [0.5, 0.6) is 0 Å². The van der Waals surface area contributed by atoms with Crippen LogP contribution in [0.15, 0.2) is 11.6 Å². The maximum atomic E-state index is 11.6. The third-order valence-corrected chi connectivity index (χ3v) is 4.13. The summed E-state index contributed by atoms with van der Waals surface area (Å²) in [5, 5.41) is 0. The molecule has 0 aromatic carbocycles. The molecule has 1 aliphatic rings. The first kappa shape index (κ1) is 30.2. The third-order valence-electron chi connectivity index (χ3n) is 4.13. The average Bonchev–Trinajstić information content (AvgIpc) is 3.40. The summed E-state index contributed by atoms with van der Waals surface area (Å²) in [6, 6.07) is 0. The van der Waals surface area contributed by atoms with E-state index in [1.807, 2.05) is 13.0 Å². The summed E-state index contributed by atoms with van der Waals surface area (Å²) in [5.41, 5.74) is 0.733. The molecule has 0 amide bonds. The molecule has 1 aliphatic heterocycles. The number of esters is 1. The van der Waals surface area contributed by atoms with Gasteiger partial charge in [-0.15, -0.1) is 0 Å². The van der Waals surface area contributed by atoms with Crippen LogP contribution in [-0.4, -0.2) is 72.4 Å². The van der Waals surface area contributed by atoms with Crippen molar-refractivity contribution in [3.05, 3.63) is 11.6 Å². The van der Waals surface area contributed by atoms with Gasteiger partial charge in [0.25, 0.3) is 0 Å². The van der Waals surface area contributed by atoms with Gasteiger partial charge in [-0.05, 0) is 19.8 Å². The molecule has 0 bridgehead atoms. The number of carbonyl (C=O) groups excluding carboxylic acids is 1. The summed E-state index contributed by atoms with van der Waals surface area (Å²) in [7, 11) is -4.67. The number of rotatable bonds is 14. The molecule has 0 aromatic heterocycles. The molecule has 1 saturated heterocycles. The van der Waals surface area contributed by atoms with Gasteiger partial charge in [-0.25, -0.2) is 4.79 Å². The number of hydrogen-bond acceptors (Lipinski definition) is 5. The van der Waals surface area contributed by atoms with Crippen molar-refractivity contribution in [2.24, 2.45) is 0 Å². The van der Waals surface area contributed by atoms with Crippen LogP contribution in [0.4, 0.5) is 0 Å². The van der Waals surface area contributed by atoms with Crippen molar-refractivity contribution in [1.82, 2.24) is 0 Å². The number of ether oxygens (including phenoxy) is 2. The molecule has 1 unspecified atom stereocenters. The Labute approximate surface area is 192 Å². The van der Waals surface area contributed by atoms with E-state index in [4.69, 9.17) is 27.0 Å². The van der Waals surface area contributed by atoms with Gasteiger partial charge < -0.3 is 9.47 Å². The molecule has 1 rings (SSSR count). The van der Waals surface area contributed by atoms with E-state index >= 15 is 0 Å². The van der Waals surface area contributed by atoms with Gasteiger partial charge in [-0.2, -0.15) is 8.42 Å². The second kappa shape index (κ2) is 19.0. The van der Waals surface area contributed by atoms with Crippen LogP contribution < -0.4 is 0 Å². The van der Waals surface area contributed by atoms with Crippen LogP contribution in [0.2, 0.25) is 0 Å². The molecule has 1 atom stereocenters. The molecule has 162 valence electrons. The van der Waals surface area contributed by atoms with E-state index in [0.717, 1.165) is 18.6 Å². The zero-order valence-electron chi connectivity index (χ0n) is 16.7. The van der Waals surface area contributed by atoms with E-state index in [9.17, 15) is 4.79 Å². The van der Waals surface area contributed by atoms with Crippen molar-refractivity contribution in [1.29, 1.82) is 0 Å². The predicted molar refractivity (Wildman–Crippen MR) is 112 cm³/mol. The molecule has 0 spiro atoms. The molecular weight excluding hydrogens is 395 g/mol. The summed E-state index contributed by atoms with van der Waals surface area (Å²) in [4.78, 5) is 11.6. The Kier molecular flexibility index (Phi) is 20.5. The zero-order valence-corrected chi connectivity index (χ0v) is 17.5. The van der Waals surface area contributed by atoms with Crippen LogP contribution >= 0.6 is 0 Å². The molecule has 0 aliphatic carbocycles. The van der Waals surface area contributed by atoms with Gasteiger partial charge in [0.15, 0.2) is 0 Å². The van der Waals surface area contributed by atoms with Crippen molar-refractivity contribution in [2.45, 2.75) is 90.6 Å². The first-order valence-corrected chi connectivity index (χ1v) is 11.3. The fourth-order valence-corrected chi connectivity index (χ4v) is 2.48. The van der Waals surface area contributed by atoms with E-state index in [1.165, 1.54) is 64.2 Å². The summed E-state index contributed by atoms with van der Waals surface area (Å²) in [6.07, 6.45) is 16.6. The minimum absolute atomic E-state index is 0. The van der Waals surface area contributed by atoms with E-state index in [-0.39, 0.29) is 41.6 Å². The van der Waals surface area contributed by atoms with E-state index < -0.39 is 10.4 Å². The summed E-state index contributed by atoms with van der Waals surface area (Å²) in [5.74, 6) is -0.192. The van der Waals surface area contributed by atoms with Crippen molar-refractivity contribution >= 4 is 45.9 Å². The SMILES string of the molecule is CCCCCCCCCCCCC=C(C)C(=O)OCC1CO1.O=S(=O)(O)O.[NaH]. The Hall–Kier alpha value is 0.0400. The molecule has 0 aromatic rings. The van der Waals surface area contributed by atoms with Crippen molar-refractivity contribution in [2.75, 3.05) is 13.2 Å². The van der Waals surface area contributed by atoms with E-state index in [0.29, 0.717) is 6.61 Å². The van der Waals surface area contributed by atoms with Gasteiger partial charge in [0.05, 0.1) is 6.61 Å². The molecule has 9 heteroatoms. The normalized spacial score (nSPS) is 15.9. The molecule has 0 radical (unpaired) electrons. The van der Waals surface area contributed by atoms with Gasteiger partial charge in [-0.3, -0.25) is 9.11 Å². The monoisotopic (exact) mass is 432 g/mol. The summed E-state index contributed by atoms with van der Waals surface area (Å²) >= 11 is 0. The van der Waals surface area contributed by atoms with Crippen LogP contribution in [0.3, 0.4) is 0 Å². The van der Waals surface area contributed by atoms with Crippen LogP contribution in [0.25, 0.3) is 0 Å². The average molecular weight is 433 g/mol. The molecule has 1 fully saturated rings. The molecule has 7 nitrogen and oxygen atoms in total. The Balaban J connectivity index is 0. The Morgan fingerprint density at radius 3 is 1.89 bits per heavy atom. The fraction of sp³-hybridized carbons (Fsp3) is 0.842. The second-order valence-corrected chi connectivity index (χ2v) is 7.76. The van der Waals surface area contributed by atoms with Crippen LogP contribution in [-0.2, 0) is 24.7 Å². The number of carbonyl (C=O) groups is 1. The maximum absolute atomic E-state index is 11.6. The summed E-state index contributed by atoms with van der Waals surface area (Å²) in [6.45, 7) is 5.24. The third kappa shape index (κ3) is 26.0. The quantitative estimate of drug-likeness (QED) is 0.107. The molecule has 1 heterocycles. The number of epoxide rings is 1. The van der Waals surface area contributed by atoms with Crippen molar-refractivity contribution in [3.8, 4) is 0 Å². The number of unbranched alkanes of at least 4 members (excludes halogenated alkanes) is 10. The van der Waals surface area contributed by atoms with E-state index in [2.05, 4.69) is 6.92 Å².